The Morgan fingerprint density at radius 3 is 2.57 bits per heavy atom. The molecule has 1 aromatic carbocycles. The Hall–Kier alpha value is -2.25. The molecule has 0 fully saturated rings. The maximum absolute atomic E-state index is 12.6. The van der Waals surface area contributed by atoms with Gasteiger partial charge in [-0.1, -0.05) is 19.1 Å². The molecular weight excluding hydrogens is 316 g/mol. The SMILES string of the molecule is CCc1ccc(S(=O)(=O)N(C)Cc2ccccn2)cc1C(=O)O. The Balaban J connectivity index is 2.35. The smallest absolute Gasteiger partial charge is 0.336 e. The second kappa shape index (κ2) is 6.89. The highest BCUT2D eigenvalue weighted by Gasteiger charge is 2.23. The summed E-state index contributed by atoms with van der Waals surface area (Å²) in [6, 6.07) is 9.46. The molecule has 0 aliphatic rings. The second-order valence-corrected chi connectivity index (χ2v) is 7.10. The zero-order chi connectivity index (χ0) is 17.0. The van der Waals surface area contributed by atoms with E-state index >= 15 is 0 Å². The number of aryl methyl sites for hydroxylation is 1. The van der Waals surface area contributed by atoms with Gasteiger partial charge in [-0.2, -0.15) is 4.31 Å². The van der Waals surface area contributed by atoms with Crippen molar-refractivity contribution in [2.24, 2.45) is 0 Å². The molecule has 1 N–H and O–H groups in total. The molecule has 0 amide bonds. The van der Waals surface area contributed by atoms with Gasteiger partial charge >= 0.3 is 5.97 Å². The summed E-state index contributed by atoms with van der Waals surface area (Å²) in [5.74, 6) is -1.13. The van der Waals surface area contributed by atoms with E-state index in [-0.39, 0.29) is 17.0 Å². The molecular formula is C16H18N2O4S. The molecule has 7 heteroatoms. The van der Waals surface area contributed by atoms with Gasteiger partial charge in [0.2, 0.25) is 10.0 Å². The van der Waals surface area contributed by atoms with Crippen LogP contribution >= 0.6 is 0 Å². The van der Waals surface area contributed by atoms with Crippen LogP contribution < -0.4 is 0 Å². The van der Waals surface area contributed by atoms with Crippen LogP contribution in [-0.4, -0.2) is 35.8 Å². The van der Waals surface area contributed by atoms with E-state index in [1.807, 2.05) is 6.92 Å². The zero-order valence-corrected chi connectivity index (χ0v) is 13.7. The topological polar surface area (TPSA) is 87.6 Å². The lowest BCUT2D eigenvalue weighted by molar-refractivity contribution is 0.0695. The molecule has 0 radical (unpaired) electrons. The highest BCUT2D eigenvalue weighted by molar-refractivity contribution is 7.89. The minimum absolute atomic E-state index is 0.0137. The number of rotatable bonds is 6. The van der Waals surface area contributed by atoms with Crippen LogP contribution in [-0.2, 0) is 23.0 Å². The first-order chi connectivity index (χ1) is 10.9. The molecule has 23 heavy (non-hydrogen) atoms. The fourth-order valence-electron chi connectivity index (χ4n) is 2.21. The van der Waals surface area contributed by atoms with Crippen LogP contribution in [0.3, 0.4) is 0 Å². The van der Waals surface area contributed by atoms with Gasteiger partial charge in [0.05, 0.1) is 22.7 Å². The van der Waals surface area contributed by atoms with Crippen molar-refractivity contribution < 1.29 is 18.3 Å². The van der Waals surface area contributed by atoms with E-state index in [1.165, 1.54) is 19.2 Å². The normalized spacial score (nSPS) is 11.6. The van der Waals surface area contributed by atoms with E-state index in [0.717, 1.165) is 4.31 Å². The van der Waals surface area contributed by atoms with Crippen LogP contribution in [0.15, 0.2) is 47.5 Å². The predicted octanol–water partition coefficient (Wildman–Crippen LogP) is 2.16. The number of aromatic carboxylic acids is 1. The summed E-state index contributed by atoms with van der Waals surface area (Å²) >= 11 is 0. The predicted molar refractivity (Wildman–Crippen MR) is 85.7 cm³/mol. The molecule has 2 aromatic rings. The van der Waals surface area contributed by atoms with Crippen molar-refractivity contribution in [2.75, 3.05) is 7.05 Å². The standard InChI is InChI=1S/C16H18N2O4S/c1-3-12-7-8-14(10-15(12)16(19)20)23(21,22)18(2)11-13-6-4-5-9-17-13/h4-10H,3,11H2,1-2H3,(H,19,20). The molecule has 0 unspecified atom stereocenters. The Labute approximate surface area is 135 Å². The Morgan fingerprint density at radius 2 is 2.00 bits per heavy atom. The first-order valence-corrected chi connectivity index (χ1v) is 8.52. The van der Waals surface area contributed by atoms with E-state index in [1.54, 1.807) is 30.5 Å². The van der Waals surface area contributed by atoms with E-state index in [9.17, 15) is 18.3 Å². The Kier molecular flexibility index (Phi) is 5.12. The maximum Gasteiger partial charge on any atom is 0.336 e. The number of pyridine rings is 1. The summed E-state index contributed by atoms with van der Waals surface area (Å²) in [5, 5.41) is 9.24. The summed E-state index contributed by atoms with van der Waals surface area (Å²) in [6.45, 7) is 1.93. The number of aromatic nitrogens is 1. The van der Waals surface area contributed by atoms with Gasteiger partial charge in [0, 0.05) is 13.2 Å². The summed E-state index contributed by atoms with van der Waals surface area (Å²) in [5.41, 5.74) is 1.23. The van der Waals surface area contributed by atoms with Crippen molar-refractivity contribution >= 4 is 16.0 Å². The molecule has 0 atom stereocenters. The first-order valence-electron chi connectivity index (χ1n) is 7.08. The molecule has 0 aliphatic heterocycles. The monoisotopic (exact) mass is 334 g/mol. The molecule has 0 bridgehead atoms. The summed E-state index contributed by atoms with van der Waals surface area (Å²) in [4.78, 5) is 15.4. The van der Waals surface area contributed by atoms with Crippen molar-refractivity contribution in [3.63, 3.8) is 0 Å². The highest BCUT2D eigenvalue weighted by Crippen LogP contribution is 2.20. The molecule has 1 heterocycles. The number of hydrogen-bond acceptors (Lipinski definition) is 4. The molecule has 0 spiro atoms. The summed E-state index contributed by atoms with van der Waals surface area (Å²) in [6.07, 6.45) is 2.11. The molecule has 6 nitrogen and oxygen atoms in total. The van der Waals surface area contributed by atoms with Gasteiger partial charge in [-0.05, 0) is 36.2 Å². The number of carboxylic acids is 1. The minimum Gasteiger partial charge on any atom is -0.478 e. The lowest BCUT2D eigenvalue weighted by Crippen LogP contribution is -2.27. The second-order valence-electron chi connectivity index (χ2n) is 5.06. The quantitative estimate of drug-likeness (QED) is 0.874. The van der Waals surface area contributed by atoms with E-state index < -0.39 is 16.0 Å². The van der Waals surface area contributed by atoms with E-state index in [2.05, 4.69) is 4.98 Å². The third-order valence-electron chi connectivity index (χ3n) is 3.51. The van der Waals surface area contributed by atoms with Crippen LogP contribution in [0.4, 0.5) is 0 Å². The number of hydrogen-bond donors (Lipinski definition) is 1. The zero-order valence-electron chi connectivity index (χ0n) is 12.9. The van der Waals surface area contributed by atoms with Gasteiger partial charge in [0.25, 0.3) is 0 Å². The van der Waals surface area contributed by atoms with Gasteiger partial charge in [-0.15, -0.1) is 0 Å². The van der Waals surface area contributed by atoms with Crippen molar-refractivity contribution in [3.05, 3.63) is 59.4 Å². The van der Waals surface area contributed by atoms with Gasteiger partial charge in [0.1, 0.15) is 0 Å². The molecule has 0 aliphatic carbocycles. The van der Waals surface area contributed by atoms with Gasteiger partial charge in [-0.3, -0.25) is 4.98 Å². The van der Waals surface area contributed by atoms with E-state index in [4.69, 9.17) is 0 Å². The van der Waals surface area contributed by atoms with Crippen LogP contribution in [0.2, 0.25) is 0 Å². The van der Waals surface area contributed by atoms with Crippen molar-refractivity contribution in [3.8, 4) is 0 Å². The molecule has 0 saturated carbocycles. The van der Waals surface area contributed by atoms with E-state index in [0.29, 0.717) is 17.7 Å². The average molecular weight is 334 g/mol. The lowest BCUT2D eigenvalue weighted by atomic mass is 10.1. The average Bonchev–Trinajstić information content (AvgIpc) is 2.54. The van der Waals surface area contributed by atoms with Crippen molar-refractivity contribution in [1.82, 2.24) is 9.29 Å². The van der Waals surface area contributed by atoms with Crippen LogP contribution in [0.1, 0.15) is 28.5 Å². The van der Waals surface area contributed by atoms with Crippen LogP contribution in [0.5, 0.6) is 0 Å². The Bertz CT molecular complexity index is 804. The largest absolute Gasteiger partial charge is 0.478 e. The van der Waals surface area contributed by atoms with Crippen LogP contribution in [0, 0.1) is 0 Å². The number of benzene rings is 1. The number of sulfonamides is 1. The van der Waals surface area contributed by atoms with Crippen molar-refractivity contribution in [1.29, 1.82) is 0 Å². The highest BCUT2D eigenvalue weighted by atomic mass is 32.2. The first kappa shape index (κ1) is 17.1. The molecule has 2 rings (SSSR count). The maximum atomic E-state index is 12.6. The van der Waals surface area contributed by atoms with Crippen LogP contribution in [0.25, 0.3) is 0 Å². The third kappa shape index (κ3) is 3.75. The van der Waals surface area contributed by atoms with Gasteiger partial charge < -0.3 is 5.11 Å². The minimum atomic E-state index is -3.79. The molecule has 122 valence electrons. The Morgan fingerprint density at radius 1 is 1.26 bits per heavy atom. The van der Waals surface area contributed by atoms with Crippen molar-refractivity contribution in [2.45, 2.75) is 24.8 Å². The summed E-state index contributed by atoms with van der Waals surface area (Å²) < 4.78 is 26.4. The fourth-order valence-corrected chi connectivity index (χ4v) is 3.38. The van der Waals surface area contributed by atoms with Gasteiger partial charge in [0.15, 0.2) is 0 Å². The third-order valence-corrected chi connectivity index (χ3v) is 5.31. The number of nitrogens with zero attached hydrogens (tertiary/aromatic N) is 2. The lowest BCUT2D eigenvalue weighted by Gasteiger charge is -2.17. The molecule has 0 saturated heterocycles. The van der Waals surface area contributed by atoms with Gasteiger partial charge in [-0.25, -0.2) is 13.2 Å². The number of carboxylic acid groups (broad SMARTS) is 1. The number of carbonyl (C=O) groups is 1. The molecule has 1 aromatic heterocycles. The summed E-state index contributed by atoms with van der Waals surface area (Å²) in [7, 11) is -2.35. The fraction of sp³-hybridized carbons (Fsp3) is 0.250.